The number of aryl methyl sites for hydroxylation is 2. The van der Waals surface area contributed by atoms with E-state index in [9.17, 15) is 0 Å². The predicted molar refractivity (Wildman–Crippen MR) is 122 cm³/mol. The van der Waals surface area contributed by atoms with Crippen molar-refractivity contribution in [2.45, 2.75) is 57.9 Å². The van der Waals surface area contributed by atoms with Crippen molar-refractivity contribution in [1.29, 1.82) is 0 Å². The summed E-state index contributed by atoms with van der Waals surface area (Å²) >= 11 is 0. The van der Waals surface area contributed by atoms with Gasteiger partial charge in [-0.05, 0) is 74.6 Å². The van der Waals surface area contributed by atoms with Gasteiger partial charge in [0.05, 0.1) is 0 Å². The molecule has 1 N–H and O–H groups in total. The summed E-state index contributed by atoms with van der Waals surface area (Å²) in [5, 5.41) is 3.51. The molecule has 0 heterocycles. The van der Waals surface area contributed by atoms with E-state index in [1.54, 1.807) is 7.11 Å². The van der Waals surface area contributed by atoms with Crippen LogP contribution in [0, 0.1) is 0 Å². The topological polar surface area (TPSA) is 30.5 Å². The van der Waals surface area contributed by atoms with Gasteiger partial charge in [-0.1, -0.05) is 54.6 Å². The van der Waals surface area contributed by atoms with E-state index < -0.39 is 0 Å². The molecule has 3 heteroatoms. The zero-order chi connectivity index (χ0) is 20.4. The molecule has 0 fully saturated rings. The second-order valence-electron chi connectivity index (χ2n) is 7.71. The summed E-state index contributed by atoms with van der Waals surface area (Å²) < 4.78 is 10.9. The van der Waals surface area contributed by atoms with Crippen molar-refractivity contribution < 1.29 is 9.47 Å². The Bertz CT molecular complexity index is 612. The van der Waals surface area contributed by atoms with Crippen molar-refractivity contribution in [3.05, 3.63) is 71.3 Å². The molecule has 3 nitrogen and oxygen atoms in total. The first-order chi connectivity index (χ1) is 14.4. The first kappa shape index (κ1) is 23.6. The fraction of sp³-hybridized carbons (Fsp3) is 0.538. The lowest BCUT2D eigenvalue weighted by Gasteiger charge is -2.07. The van der Waals surface area contributed by atoms with Crippen LogP contribution < -0.4 is 5.32 Å². The van der Waals surface area contributed by atoms with Gasteiger partial charge in [0, 0.05) is 33.5 Å². The van der Waals surface area contributed by atoms with E-state index in [2.05, 4.69) is 59.9 Å². The van der Waals surface area contributed by atoms with Gasteiger partial charge in [-0.2, -0.15) is 0 Å². The van der Waals surface area contributed by atoms with Crippen LogP contribution in [0.4, 0.5) is 0 Å². The number of unbranched alkanes of at least 4 members (excludes halogenated alkanes) is 3. The molecule has 2 aromatic rings. The molecular formula is C26H39NO2. The molecule has 2 rings (SSSR count). The molecular weight excluding hydrogens is 358 g/mol. The number of hydrogen-bond acceptors (Lipinski definition) is 3. The Balaban J connectivity index is 1.36. The fourth-order valence-corrected chi connectivity index (χ4v) is 3.39. The standard InChI is InChI=1S/C26H39NO2/c1-28-20-10-14-25-17-15-24(16-18-25)11-6-9-22-29-21-8-3-7-19-27-23-26-12-4-2-5-13-26/h2,4-5,12-13,15-18,27H,3,6-11,14,19-23H2,1H3. The normalized spacial score (nSPS) is 11.1. The van der Waals surface area contributed by atoms with Crippen molar-refractivity contribution in [3.63, 3.8) is 0 Å². The molecule has 0 saturated carbocycles. The number of rotatable bonds is 17. The zero-order valence-corrected chi connectivity index (χ0v) is 18.2. The van der Waals surface area contributed by atoms with E-state index in [1.165, 1.54) is 36.0 Å². The lowest BCUT2D eigenvalue weighted by molar-refractivity contribution is 0.126. The molecule has 0 bridgehead atoms. The minimum atomic E-state index is 0.840. The van der Waals surface area contributed by atoms with Gasteiger partial charge in [-0.25, -0.2) is 0 Å². The quantitative estimate of drug-likeness (QED) is 0.354. The Hall–Kier alpha value is -1.68. The average molecular weight is 398 g/mol. The smallest absolute Gasteiger partial charge is 0.0466 e. The van der Waals surface area contributed by atoms with Crippen LogP contribution in [0.3, 0.4) is 0 Å². The third-order valence-corrected chi connectivity index (χ3v) is 5.16. The highest BCUT2D eigenvalue weighted by Gasteiger charge is 1.97. The summed E-state index contributed by atoms with van der Waals surface area (Å²) in [7, 11) is 1.76. The largest absolute Gasteiger partial charge is 0.385 e. The molecule has 0 unspecified atom stereocenters. The molecule has 29 heavy (non-hydrogen) atoms. The summed E-state index contributed by atoms with van der Waals surface area (Å²) in [4.78, 5) is 0. The highest BCUT2D eigenvalue weighted by Crippen LogP contribution is 2.10. The molecule has 0 amide bonds. The summed E-state index contributed by atoms with van der Waals surface area (Å²) in [5.74, 6) is 0. The van der Waals surface area contributed by atoms with Crippen LogP contribution in [-0.2, 0) is 28.9 Å². The van der Waals surface area contributed by atoms with Crippen LogP contribution in [0.25, 0.3) is 0 Å². The van der Waals surface area contributed by atoms with E-state index in [0.29, 0.717) is 0 Å². The van der Waals surface area contributed by atoms with Crippen molar-refractivity contribution >= 4 is 0 Å². The first-order valence-corrected chi connectivity index (χ1v) is 11.3. The van der Waals surface area contributed by atoms with E-state index in [1.807, 2.05) is 0 Å². The second kappa shape index (κ2) is 16.2. The molecule has 0 aliphatic carbocycles. The van der Waals surface area contributed by atoms with Crippen molar-refractivity contribution in [3.8, 4) is 0 Å². The number of ether oxygens (including phenoxy) is 2. The lowest BCUT2D eigenvalue weighted by atomic mass is 10.0. The molecule has 0 aliphatic rings. The zero-order valence-electron chi connectivity index (χ0n) is 18.2. The molecule has 2 aromatic carbocycles. The molecule has 0 radical (unpaired) electrons. The van der Waals surface area contributed by atoms with Gasteiger partial charge in [-0.15, -0.1) is 0 Å². The van der Waals surface area contributed by atoms with Gasteiger partial charge in [-0.3, -0.25) is 0 Å². The third-order valence-electron chi connectivity index (χ3n) is 5.16. The maximum Gasteiger partial charge on any atom is 0.0466 e. The van der Waals surface area contributed by atoms with Crippen LogP contribution in [0.1, 0.15) is 55.2 Å². The monoisotopic (exact) mass is 397 g/mol. The summed E-state index contributed by atoms with van der Waals surface area (Å²) in [6.45, 7) is 4.68. The molecule has 0 saturated heterocycles. The van der Waals surface area contributed by atoms with Crippen molar-refractivity contribution in [2.24, 2.45) is 0 Å². The summed E-state index contributed by atoms with van der Waals surface area (Å²) in [6, 6.07) is 19.6. The highest BCUT2D eigenvalue weighted by atomic mass is 16.5. The van der Waals surface area contributed by atoms with Gasteiger partial charge in [0.15, 0.2) is 0 Å². The number of hydrogen-bond donors (Lipinski definition) is 1. The second-order valence-corrected chi connectivity index (χ2v) is 7.71. The van der Waals surface area contributed by atoms with E-state index in [4.69, 9.17) is 9.47 Å². The van der Waals surface area contributed by atoms with Crippen LogP contribution in [0.15, 0.2) is 54.6 Å². The van der Waals surface area contributed by atoms with E-state index in [0.717, 1.165) is 65.0 Å². The van der Waals surface area contributed by atoms with Crippen molar-refractivity contribution in [1.82, 2.24) is 5.32 Å². The molecule has 0 aliphatic heterocycles. The molecule has 160 valence electrons. The maximum atomic E-state index is 5.79. The maximum absolute atomic E-state index is 5.79. The minimum Gasteiger partial charge on any atom is -0.385 e. The molecule has 0 spiro atoms. The van der Waals surface area contributed by atoms with E-state index in [-0.39, 0.29) is 0 Å². The molecule has 0 atom stereocenters. The Morgan fingerprint density at radius 3 is 1.97 bits per heavy atom. The Labute approximate surface area is 177 Å². The fourth-order valence-electron chi connectivity index (χ4n) is 3.39. The Kier molecular flexibility index (Phi) is 13.1. The lowest BCUT2D eigenvalue weighted by Crippen LogP contribution is -2.14. The SMILES string of the molecule is COCCCc1ccc(CCCCOCCCCCNCc2ccccc2)cc1. The first-order valence-electron chi connectivity index (χ1n) is 11.3. The van der Waals surface area contributed by atoms with Crippen LogP contribution in [-0.4, -0.2) is 33.5 Å². The van der Waals surface area contributed by atoms with Crippen molar-refractivity contribution in [2.75, 3.05) is 33.5 Å². The number of methoxy groups -OCH3 is 1. The predicted octanol–water partition coefficient (Wildman–Crippen LogP) is 5.57. The van der Waals surface area contributed by atoms with Gasteiger partial charge >= 0.3 is 0 Å². The Morgan fingerprint density at radius 1 is 0.621 bits per heavy atom. The van der Waals surface area contributed by atoms with Gasteiger partial charge in [0.2, 0.25) is 0 Å². The number of nitrogens with one attached hydrogen (secondary N) is 1. The van der Waals surface area contributed by atoms with Gasteiger partial charge in [0.1, 0.15) is 0 Å². The third kappa shape index (κ3) is 11.8. The highest BCUT2D eigenvalue weighted by molar-refractivity contribution is 5.22. The minimum absolute atomic E-state index is 0.840. The van der Waals surface area contributed by atoms with Gasteiger partial charge < -0.3 is 14.8 Å². The van der Waals surface area contributed by atoms with Crippen LogP contribution >= 0.6 is 0 Å². The van der Waals surface area contributed by atoms with Crippen LogP contribution in [0.2, 0.25) is 0 Å². The van der Waals surface area contributed by atoms with Crippen LogP contribution in [0.5, 0.6) is 0 Å². The van der Waals surface area contributed by atoms with Gasteiger partial charge in [0.25, 0.3) is 0 Å². The molecule has 0 aromatic heterocycles. The van der Waals surface area contributed by atoms with E-state index >= 15 is 0 Å². The summed E-state index contributed by atoms with van der Waals surface area (Å²) in [5.41, 5.74) is 4.20. The number of benzene rings is 2. The summed E-state index contributed by atoms with van der Waals surface area (Å²) in [6.07, 6.45) is 9.31. The Morgan fingerprint density at radius 2 is 1.28 bits per heavy atom. The average Bonchev–Trinajstić information content (AvgIpc) is 2.76.